The molecule has 0 spiro atoms. The van der Waals surface area contributed by atoms with Gasteiger partial charge in [-0.2, -0.15) is 0 Å². The fourth-order valence-corrected chi connectivity index (χ4v) is 1.76. The minimum atomic E-state index is 0.231. The summed E-state index contributed by atoms with van der Waals surface area (Å²) in [6, 6.07) is 0.668. The van der Waals surface area contributed by atoms with Gasteiger partial charge in [-0.3, -0.25) is 4.90 Å². The van der Waals surface area contributed by atoms with E-state index < -0.39 is 0 Å². The summed E-state index contributed by atoms with van der Waals surface area (Å²) >= 11 is 0. The molecule has 1 aliphatic rings. The van der Waals surface area contributed by atoms with Gasteiger partial charge in [0, 0.05) is 25.7 Å². The predicted octanol–water partition coefficient (Wildman–Crippen LogP) is 0.462. The quantitative estimate of drug-likeness (QED) is 0.635. The highest BCUT2D eigenvalue weighted by molar-refractivity contribution is 4.80. The maximum Gasteiger partial charge on any atom is 0.0558 e. The fraction of sp³-hybridized carbons (Fsp3) is 1.00. The zero-order valence-electron chi connectivity index (χ0n) is 8.45. The van der Waals surface area contributed by atoms with Crippen LogP contribution in [0.5, 0.6) is 0 Å². The van der Waals surface area contributed by atoms with Crippen LogP contribution in [0, 0.1) is 5.92 Å². The van der Waals surface area contributed by atoms with E-state index >= 15 is 0 Å². The first-order valence-corrected chi connectivity index (χ1v) is 5.23. The van der Waals surface area contributed by atoms with E-state index in [1.165, 1.54) is 19.3 Å². The molecule has 78 valence electrons. The predicted molar refractivity (Wildman–Crippen MR) is 52.5 cm³/mol. The highest BCUT2D eigenvalue weighted by atomic mass is 16.3. The van der Waals surface area contributed by atoms with Crippen molar-refractivity contribution in [3.05, 3.63) is 0 Å². The van der Waals surface area contributed by atoms with Gasteiger partial charge < -0.3 is 10.2 Å². The molecule has 0 bridgehead atoms. The number of hydrogen-bond donors (Lipinski definition) is 2. The summed E-state index contributed by atoms with van der Waals surface area (Å²) in [7, 11) is 0. The van der Waals surface area contributed by atoms with Crippen LogP contribution in [-0.4, -0.2) is 47.5 Å². The molecule has 0 aliphatic heterocycles. The molecule has 1 atom stereocenters. The van der Waals surface area contributed by atoms with Crippen LogP contribution in [0.2, 0.25) is 0 Å². The molecule has 1 rings (SSSR count). The summed E-state index contributed by atoms with van der Waals surface area (Å²) in [4.78, 5) is 2.31. The van der Waals surface area contributed by atoms with E-state index in [9.17, 15) is 0 Å². The van der Waals surface area contributed by atoms with Gasteiger partial charge in [-0.1, -0.05) is 13.3 Å². The summed E-state index contributed by atoms with van der Waals surface area (Å²) in [5.41, 5.74) is 0. The molecule has 0 aromatic carbocycles. The third-order valence-corrected chi connectivity index (χ3v) is 2.84. The second-order valence-electron chi connectivity index (χ2n) is 4.09. The minimum Gasteiger partial charge on any atom is -0.396 e. The van der Waals surface area contributed by atoms with Gasteiger partial charge in [-0.15, -0.1) is 0 Å². The maximum atomic E-state index is 8.94. The van der Waals surface area contributed by atoms with Gasteiger partial charge in [0.05, 0.1) is 6.61 Å². The monoisotopic (exact) mass is 187 g/mol. The lowest BCUT2D eigenvalue weighted by Crippen LogP contribution is -2.44. The average Bonchev–Trinajstić information content (AvgIpc) is 2.01. The van der Waals surface area contributed by atoms with Crippen LogP contribution in [0.3, 0.4) is 0 Å². The highest BCUT2D eigenvalue weighted by Crippen LogP contribution is 2.25. The van der Waals surface area contributed by atoms with E-state index in [0.717, 1.165) is 13.1 Å². The lowest BCUT2D eigenvalue weighted by Gasteiger charge is -2.38. The summed E-state index contributed by atoms with van der Waals surface area (Å²) in [5, 5.41) is 17.8. The standard InChI is InChI=1S/C10H21NO2/c1-9(8-13)7-11(5-6-12)10-3-2-4-10/h9-10,12-13H,2-8H2,1H3. The van der Waals surface area contributed by atoms with Crippen molar-refractivity contribution in [2.75, 3.05) is 26.3 Å². The summed E-state index contributed by atoms with van der Waals surface area (Å²) in [5.74, 6) is 0.326. The molecule has 3 nitrogen and oxygen atoms in total. The van der Waals surface area contributed by atoms with Crippen molar-refractivity contribution in [3.8, 4) is 0 Å². The topological polar surface area (TPSA) is 43.7 Å². The second-order valence-corrected chi connectivity index (χ2v) is 4.09. The van der Waals surface area contributed by atoms with Gasteiger partial charge in [0.2, 0.25) is 0 Å². The van der Waals surface area contributed by atoms with Crippen molar-refractivity contribution >= 4 is 0 Å². The molecule has 1 saturated carbocycles. The van der Waals surface area contributed by atoms with E-state index in [2.05, 4.69) is 4.90 Å². The van der Waals surface area contributed by atoms with Gasteiger partial charge in [-0.05, 0) is 18.8 Å². The first-order valence-electron chi connectivity index (χ1n) is 5.23. The number of aliphatic hydroxyl groups is 2. The molecule has 0 saturated heterocycles. The lowest BCUT2D eigenvalue weighted by atomic mass is 9.91. The second kappa shape index (κ2) is 5.58. The molecule has 0 radical (unpaired) electrons. The highest BCUT2D eigenvalue weighted by Gasteiger charge is 2.25. The van der Waals surface area contributed by atoms with E-state index in [4.69, 9.17) is 10.2 Å². The molecular weight excluding hydrogens is 166 g/mol. The van der Waals surface area contributed by atoms with Crippen molar-refractivity contribution in [1.82, 2.24) is 4.90 Å². The average molecular weight is 187 g/mol. The van der Waals surface area contributed by atoms with Crippen molar-refractivity contribution in [1.29, 1.82) is 0 Å². The van der Waals surface area contributed by atoms with Gasteiger partial charge >= 0.3 is 0 Å². The molecule has 2 N–H and O–H groups in total. The minimum absolute atomic E-state index is 0.231. The smallest absolute Gasteiger partial charge is 0.0558 e. The van der Waals surface area contributed by atoms with Crippen LogP contribution in [0.1, 0.15) is 26.2 Å². The van der Waals surface area contributed by atoms with Gasteiger partial charge in [0.1, 0.15) is 0 Å². The molecule has 1 fully saturated rings. The fourth-order valence-electron chi connectivity index (χ4n) is 1.76. The molecule has 0 aromatic rings. The Hall–Kier alpha value is -0.120. The zero-order valence-corrected chi connectivity index (χ0v) is 8.45. The molecule has 0 amide bonds. The first kappa shape index (κ1) is 11.0. The van der Waals surface area contributed by atoms with E-state index in [0.29, 0.717) is 12.0 Å². The van der Waals surface area contributed by atoms with E-state index in [-0.39, 0.29) is 13.2 Å². The first-order chi connectivity index (χ1) is 6.27. The van der Waals surface area contributed by atoms with E-state index in [1.807, 2.05) is 6.92 Å². The Balaban J connectivity index is 2.28. The van der Waals surface area contributed by atoms with Gasteiger partial charge in [-0.25, -0.2) is 0 Å². The Labute approximate surface area is 80.4 Å². The molecule has 13 heavy (non-hydrogen) atoms. The Kier molecular flexibility index (Phi) is 4.70. The molecule has 0 heterocycles. The number of hydrogen-bond acceptors (Lipinski definition) is 3. The van der Waals surface area contributed by atoms with Crippen molar-refractivity contribution in [3.63, 3.8) is 0 Å². The van der Waals surface area contributed by atoms with Crippen LogP contribution >= 0.6 is 0 Å². The van der Waals surface area contributed by atoms with Crippen LogP contribution in [0.4, 0.5) is 0 Å². The molecular formula is C10H21NO2. The SMILES string of the molecule is CC(CO)CN(CCO)C1CCC1. The Morgan fingerprint density at radius 2 is 2.08 bits per heavy atom. The van der Waals surface area contributed by atoms with Crippen molar-refractivity contribution < 1.29 is 10.2 Å². The summed E-state index contributed by atoms with van der Waals surface area (Å²) < 4.78 is 0. The molecule has 1 unspecified atom stereocenters. The third-order valence-electron chi connectivity index (χ3n) is 2.84. The van der Waals surface area contributed by atoms with Gasteiger partial charge in [0.15, 0.2) is 0 Å². The Morgan fingerprint density at radius 1 is 1.38 bits per heavy atom. The Bertz CT molecular complexity index is 137. The molecule has 1 aliphatic carbocycles. The normalized spacial score (nSPS) is 20.3. The third kappa shape index (κ3) is 3.25. The van der Waals surface area contributed by atoms with Gasteiger partial charge in [0.25, 0.3) is 0 Å². The Morgan fingerprint density at radius 3 is 2.46 bits per heavy atom. The number of rotatable bonds is 6. The number of aliphatic hydroxyl groups excluding tert-OH is 2. The van der Waals surface area contributed by atoms with Crippen molar-refractivity contribution in [2.24, 2.45) is 5.92 Å². The van der Waals surface area contributed by atoms with Crippen LogP contribution in [0.15, 0.2) is 0 Å². The summed E-state index contributed by atoms with van der Waals surface area (Å²) in [6.45, 7) is 4.20. The van der Waals surface area contributed by atoms with Crippen molar-refractivity contribution in [2.45, 2.75) is 32.2 Å². The largest absolute Gasteiger partial charge is 0.396 e. The summed E-state index contributed by atoms with van der Waals surface area (Å²) in [6.07, 6.45) is 3.84. The molecule has 3 heteroatoms. The lowest BCUT2D eigenvalue weighted by molar-refractivity contribution is 0.0748. The van der Waals surface area contributed by atoms with Crippen LogP contribution in [0.25, 0.3) is 0 Å². The zero-order chi connectivity index (χ0) is 9.68. The van der Waals surface area contributed by atoms with Crippen LogP contribution < -0.4 is 0 Å². The number of nitrogens with zero attached hydrogens (tertiary/aromatic N) is 1. The molecule has 0 aromatic heterocycles. The van der Waals surface area contributed by atoms with Crippen LogP contribution in [-0.2, 0) is 0 Å². The maximum absolute atomic E-state index is 8.94. The van der Waals surface area contributed by atoms with E-state index in [1.54, 1.807) is 0 Å².